The van der Waals surface area contributed by atoms with Crippen LogP contribution in [0.2, 0.25) is 15.1 Å². The second kappa shape index (κ2) is 7.37. The molecule has 0 aliphatic rings. The van der Waals surface area contributed by atoms with Crippen LogP contribution in [-0.2, 0) is 0 Å². The third kappa shape index (κ3) is 4.27. The molecule has 0 aliphatic heterocycles. The van der Waals surface area contributed by atoms with Crippen molar-refractivity contribution in [3.05, 3.63) is 63.1 Å². The van der Waals surface area contributed by atoms with Crippen LogP contribution in [0.25, 0.3) is 0 Å². The molecule has 0 aromatic heterocycles. The number of hydrogen-bond acceptors (Lipinski definition) is 2. The van der Waals surface area contributed by atoms with Gasteiger partial charge in [0.2, 0.25) is 0 Å². The average molecular weight is 345 g/mol. The Morgan fingerprint density at radius 1 is 1.05 bits per heavy atom. The fourth-order valence-corrected chi connectivity index (χ4v) is 2.66. The molecule has 0 saturated carbocycles. The van der Waals surface area contributed by atoms with Crippen LogP contribution in [0.1, 0.15) is 25.0 Å². The van der Waals surface area contributed by atoms with E-state index in [9.17, 15) is 0 Å². The van der Waals surface area contributed by atoms with Crippen LogP contribution in [0.4, 0.5) is 0 Å². The second-order valence-electron chi connectivity index (χ2n) is 4.74. The van der Waals surface area contributed by atoms with Gasteiger partial charge in [-0.15, -0.1) is 0 Å². The Hall–Kier alpha value is -0.930. The lowest BCUT2D eigenvalue weighted by Crippen LogP contribution is -2.31. The van der Waals surface area contributed by atoms with Crippen molar-refractivity contribution in [2.45, 2.75) is 25.5 Å². The zero-order chi connectivity index (χ0) is 15.4. The van der Waals surface area contributed by atoms with Gasteiger partial charge in [-0.05, 0) is 42.3 Å². The van der Waals surface area contributed by atoms with Gasteiger partial charge in [0.05, 0.1) is 5.02 Å². The van der Waals surface area contributed by atoms with Crippen LogP contribution >= 0.6 is 34.8 Å². The Kier molecular flexibility index (Phi) is 5.77. The Labute approximate surface area is 139 Å². The first-order valence-corrected chi connectivity index (χ1v) is 7.77. The van der Waals surface area contributed by atoms with Gasteiger partial charge in [0.15, 0.2) is 0 Å². The van der Waals surface area contributed by atoms with E-state index in [1.807, 2.05) is 31.2 Å². The molecule has 2 atom stereocenters. The van der Waals surface area contributed by atoms with Crippen molar-refractivity contribution in [1.82, 2.24) is 0 Å². The number of halogens is 3. The largest absolute Gasteiger partial charge is 0.483 e. The summed E-state index contributed by atoms with van der Waals surface area (Å²) in [7, 11) is 0. The van der Waals surface area contributed by atoms with Crippen molar-refractivity contribution in [2.24, 2.45) is 5.73 Å². The van der Waals surface area contributed by atoms with Crippen molar-refractivity contribution in [3.8, 4) is 5.75 Å². The lowest BCUT2D eigenvalue weighted by atomic mass is 10.0. The second-order valence-corrected chi connectivity index (χ2v) is 6.02. The van der Waals surface area contributed by atoms with Crippen LogP contribution < -0.4 is 10.5 Å². The highest BCUT2D eigenvalue weighted by Gasteiger charge is 2.22. The molecule has 2 unspecified atom stereocenters. The molecule has 2 N–H and O–H groups in total. The van der Waals surface area contributed by atoms with Gasteiger partial charge in [-0.2, -0.15) is 0 Å². The molecule has 2 aromatic carbocycles. The molecule has 0 spiro atoms. The van der Waals surface area contributed by atoms with Crippen LogP contribution in [0.15, 0.2) is 42.5 Å². The monoisotopic (exact) mass is 343 g/mol. The maximum absolute atomic E-state index is 6.19. The predicted octanol–water partition coefficient (Wildman–Crippen LogP) is 5.50. The van der Waals surface area contributed by atoms with E-state index in [2.05, 4.69) is 0 Å². The van der Waals surface area contributed by atoms with E-state index in [4.69, 9.17) is 45.3 Å². The molecule has 21 heavy (non-hydrogen) atoms. The molecule has 0 fully saturated rings. The Bertz CT molecular complexity index is 618. The van der Waals surface area contributed by atoms with Gasteiger partial charge in [-0.1, -0.05) is 53.9 Å². The van der Waals surface area contributed by atoms with Crippen molar-refractivity contribution in [3.63, 3.8) is 0 Å². The maximum Gasteiger partial charge on any atom is 0.139 e. The SMILES string of the molecule is CCC(N)C(Oc1ccc(Cl)cc1Cl)c1cccc(Cl)c1. The van der Waals surface area contributed by atoms with Crippen molar-refractivity contribution < 1.29 is 4.74 Å². The fraction of sp³-hybridized carbons (Fsp3) is 0.250. The smallest absolute Gasteiger partial charge is 0.139 e. The quantitative estimate of drug-likeness (QED) is 0.776. The van der Waals surface area contributed by atoms with E-state index in [1.54, 1.807) is 18.2 Å². The highest BCUT2D eigenvalue weighted by atomic mass is 35.5. The molecule has 0 bridgehead atoms. The highest BCUT2D eigenvalue weighted by Crippen LogP contribution is 2.33. The number of ether oxygens (including phenoxy) is 1. The number of hydrogen-bond donors (Lipinski definition) is 1. The minimum atomic E-state index is -0.327. The summed E-state index contributed by atoms with van der Waals surface area (Å²) in [6, 6.07) is 12.4. The molecule has 0 saturated heterocycles. The molecule has 112 valence electrons. The number of benzene rings is 2. The van der Waals surface area contributed by atoms with Gasteiger partial charge < -0.3 is 10.5 Å². The molecule has 2 nitrogen and oxygen atoms in total. The summed E-state index contributed by atoms with van der Waals surface area (Å²) in [5, 5.41) is 1.66. The van der Waals surface area contributed by atoms with E-state index in [-0.39, 0.29) is 12.1 Å². The first kappa shape index (κ1) is 16.4. The highest BCUT2D eigenvalue weighted by molar-refractivity contribution is 6.35. The normalized spacial score (nSPS) is 13.8. The van der Waals surface area contributed by atoms with Gasteiger partial charge >= 0.3 is 0 Å². The zero-order valence-corrected chi connectivity index (χ0v) is 13.8. The molecule has 2 aromatic rings. The van der Waals surface area contributed by atoms with E-state index in [0.29, 0.717) is 20.8 Å². The fourth-order valence-electron chi connectivity index (χ4n) is 2.01. The molecule has 0 heterocycles. The van der Waals surface area contributed by atoms with E-state index in [0.717, 1.165) is 12.0 Å². The predicted molar refractivity (Wildman–Crippen MR) is 89.5 cm³/mol. The number of nitrogens with two attached hydrogens (primary N) is 1. The standard InChI is InChI=1S/C16H16Cl3NO/c1-2-14(20)16(10-4-3-5-11(17)8-10)21-15-7-6-12(18)9-13(15)19/h3-9,14,16H,2,20H2,1H3. The average Bonchev–Trinajstić information content (AvgIpc) is 2.45. The summed E-state index contributed by atoms with van der Waals surface area (Å²) >= 11 is 18.1. The molecule has 0 amide bonds. The first-order chi connectivity index (χ1) is 10.0. The first-order valence-electron chi connectivity index (χ1n) is 6.64. The van der Waals surface area contributed by atoms with E-state index in [1.165, 1.54) is 0 Å². The number of rotatable bonds is 5. The zero-order valence-electron chi connectivity index (χ0n) is 11.5. The molecular formula is C16H16Cl3NO. The summed E-state index contributed by atoms with van der Waals surface area (Å²) in [5.41, 5.74) is 7.11. The molecule has 5 heteroatoms. The summed E-state index contributed by atoms with van der Waals surface area (Å²) in [5.74, 6) is 0.551. The molecule has 0 aliphatic carbocycles. The summed E-state index contributed by atoms with van der Waals surface area (Å²) < 4.78 is 6.02. The third-order valence-electron chi connectivity index (χ3n) is 3.19. The lowest BCUT2D eigenvalue weighted by Gasteiger charge is -2.25. The van der Waals surface area contributed by atoms with E-state index < -0.39 is 0 Å². The third-order valence-corrected chi connectivity index (χ3v) is 3.95. The molecule has 2 rings (SSSR count). The minimum absolute atomic E-state index is 0.171. The summed E-state index contributed by atoms with van der Waals surface area (Å²) in [6.07, 6.45) is 0.440. The molecular weight excluding hydrogens is 329 g/mol. The van der Waals surface area contributed by atoms with Crippen molar-refractivity contribution in [2.75, 3.05) is 0 Å². The van der Waals surface area contributed by atoms with Crippen LogP contribution in [0.5, 0.6) is 5.75 Å². The minimum Gasteiger partial charge on any atom is -0.483 e. The Balaban J connectivity index is 2.33. The van der Waals surface area contributed by atoms with Crippen molar-refractivity contribution >= 4 is 34.8 Å². The van der Waals surface area contributed by atoms with Crippen LogP contribution in [-0.4, -0.2) is 6.04 Å². The maximum atomic E-state index is 6.19. The van der Waals surface area contributed by atoms with Gasteiger partial charge in [-0.3, -0.25) is 0 Å². The van der Waals surface area contributed by atoms with Crippen LogP contribution in [0.3, 0.4) is 0 Å². The molecule has 0 radical (unpaired) electrons. The van der Waals surface area contributed by atoms with Crippen molar-refractivity contribution in [1.29, 1.82) is 0 Å². The van der Waals surface area contributed by atoms with Gasteiger partial charge in [0, 0.05) is 16.1 Å². The van der Waals surface area contributed by atoms with Gasteiger partial charge in [0.1, 0.15) is 11.9 Å². The summed E-state index contributed by atoms with van der Waals surface area (Å²) in [4.78, 5) is 0. The topological polar surface area (TPSA) is 35.2 Å². The summed E-state index contributed by atoms with van der Waals surface area (Å²) in [6.45, 7) is 2.01. The Morgan fingerprint density at radius 3 is 2.38 bits per heavy atom. The Morgan fingerprint density at radius 2 is 1.76 bits per heavy atom. The van der Waals surface area contributed by atoms with Crippen LogP contribution in [0, 0.1) is 0 Å². The van der Waals surface area contributed by atoms with Gasteiger partial charge in [-0.25, -0.2) is 0 Å². The van der Waals surface area contributed by atoms with Gasteiger partial charge in [0.25, 0.3) is 0 Å². The lowest BCUT2D eigenvalue weighted by molar-refractivity contribution is 0.171. The van der Waals surface area contributed by atoms with E-state index >= 15 is 0 Å².